The second-order valence-corrected chi connectivity index (χ2v) is 8.05. The number of rotatable bonds is 7. The zero-order valence-electron chi connectivity index (χ0n) is 18.8. The molecule has 0 bridgehead atoms. The Morgan fingerprint density at radius 1 is 0.765 bits per heavy atom. The Balaban J connectivity index is 1.50. The van der Waals surface area contributed by atoms with Crippen LogP contribution in [0.1, 0.15) is 43.3 Å². The molecule has 5 heteroatoms. The Kier molecular flexibility index (Phi) is 7.13. The first-order chi connectivity index (χ1) is 16.5. The third-order valence-corrected chi connectivity index (χ3v) is 5.74. The van der Waals surface area contributed by atoms with E-state index in [4.69, 9.17) is 0 Å². The van der Waals surface area contributed by atoms with Crippen molar-refractivity contribution in [1.82, 2.24) is 5.32 Å². The van der Waals surface area contributed by atoms with Gasteiger partial charge in [0.25, 0.3) is 11.8 Å². The highest BCUT2D eigenvalue weighted by molar-refractivity contribution is 6.05. The summed E-state index contributed by atoms with van der Waals surface area (Å²) in [4.78, 5) is 25.5. The van der Waals surface area contributed by atoms with Gasteiger partial charge in [-0.25, -0.2) is 4.39 Å². The molecular formula is C29H25FN2O2. The van der Waals surface area contributed by atoms with Crippen molar-refractivity contribution >= 4 is 17.5 Å². The lowest BCUT2D eigenvalue weighted by Crippen LogP contribution is -2.29. The lowest BCUT2D eigenvalue weighted by atomic mass is 9.91. The van der Waals surface area contributed by atoms with Gasteiger partial charge >= 0.3 is 0 Å². The molecular weight excluding hydrogens is 427 g/mol. The van der Waals surface area contributed by atoms with Gasteiger partial charge in [-0.1, -0.05) is 78.9 Å². The van der Waals surface area contributed by atoms with Crippen LogP contribution in [0.3, 0.4) is 0 Å². The molecule has 0 spiro atoms. The zero-order valence-corrected chi connectivity index (χ0v) is 18.8. The average Bonchev–Trinajstić information content (AvgIpc) is 2.87. The topological polar surface area (TPSA) is 58.2 Å². The Bertz CT molecular complexity index is 1250. The van der Waals surface area contributed by atoms with Gasteiger partial charge in [-0.05, 0) is 47.9 Å². The summed E-state index contributed by atoms with van der Waals surface area (Å²) < 4.78 is 14.0. The van der Waals surface area contributed by atoms with Crippen molar-refractivity contribution in [2.75, 3.05) is 11.9 Å². The molecule has 4 aromatic carbocycles. The van der Waals surface area contributed by atoms with E-state index in [-0.39, 0.29) is 17.4 Å². The van der Waals surface area contributed by atoms with Crippen LogP contribution in [0.15, 0.2) is 103 Å². The minimum atomic E-state index is -0.598. The molecule has 0 saturated carbocycles. The van der Waals surface area contributed by atoms with Crippen LogP contribution in [0, 0.1) is 12.7 Å². The summed E-state index contributed by atoms with van der Waals surface area (Å²) in [5, 5.41) is 5.75. The summed E-state index contributed by atoms with van der Waals surface area (Å²) in [6.07, 6.45) is 0. The molecule has 2 N–H and O–H groups in total. The van der Waals surface area contributed by atoms with Crippen LogP contribution in [-0.4, -0.2) is 18.4 Å². The Morgan fingerprint density at radius 2 is 1.35 bits per heavy atom. The minimum absolute atomic E-state index is 0.00275. The highest BCUT2D eigenvalue weighted by atomic mass is 19.1. The second-order valence-electron chi connectivity index (χ2n) is 8.05. The molecule has 0 aromatic heterocycles. The molecule has 0 saturated heterocycles. The van der Waals surface area contributed by atoms with Gasteiger partial charge in [-0.15, -0.1) is 0 Å². The number of nitrogens with one attached hydrogen (secondary N) is 2. The van der Waals surface area contributed by atoms with E-state index in [9.17, 15) is 14.0 Å². The molecule has 2 amide bonds. The van der Waals surface area contributed by atoms with Crippen molar-refractivity contribution in [3.8, 4) is 0 Å². The van der Waals surface area contributed by atoms with Crippen LogP contribution in [0.5, 0.6) is 0 Å². The fraction of sp³-hybridized carbons (Fsp3) is 0.103. The van der Waals surface area contributed by atoms with Crippen molar-refractivity contribution in [2.45, 2.75) is 12.8 Å². The van der Waals surface area contributed by atoms with Crippen molar-refractivity contribution in [1.29, 1.82) is 0 Å². The largest absolute Gasteiger partial charge is 0.351 e. The van der Waals surface area contributed by atoms with Crippen LogP contribution < -0.4 is 10.6 Å². The highest BCUT2D eigenvalue weighted by Gasteiger charge is 2.17. The van der Waals surface area contributed by atoms with Crippen LogP contribution in [-0.2, 0) is 0 Å². The smallest absolute Gasteiger partial charge is 0.258 e. The number of carbonyl (C=O) groups is 2. The minimum Gasteiger partial charge on any atom is -0.351 e. The zero-order chi connectivity index (χ0) is 23.9. The molecule has 0 radical (unpaired) electrons. The van der Waals surface area contributed by atoms with Gasteiger partial charge in [0, 0.05) is 23.7 Å². The first kappa shape index (κ1) is 22.9. The van der Waals surface area contributed by atoms with Gasteiger partial charge in [0.1, 0.15) is 5.82 Å². The fourth-order valence-electron chi connectivity index (χ4n) is 3.83. The summed E-state index contributed by atoms with van der Waals surface area (Å²) >= 11 is 0. The van der Waals surface area contributed by atoms with Crippen molar-refractivity contribution in [2.24, 2.45) is 0 Å². The molecule has 0 aliphatic carbocycles. The third kappa shape index (κ3) is 5.38. The summed E-state index contributed by atoms with van der Waals surface area (Å²) in [6, 6.07) is 30.9. The van der Waals surface area contributed by atoms with Gasteiger partial charge in [0.2, 0.25) is 0 Å². The number of hydrogen-bond acceptors (Lipinski definition) is 2. The van der Waals surface area contributed by atoms with Gasteiger partial charge in [0.15, 0.2) is 0 Å². The van der Waals surface area contributed by atoms with Crippen molar-refractivity contribution in [3.05, 3.63) is 137 Å². The number of aryl methyl sites for hydroxylation is 1. The fourth-order valence-corrected chi connectivity index (χ4v) is 3.83. The van der Waals surface area contributed by atoms with Gasteiger partial charge < -0.3 is 10.6 Å². The van der Waals surface area contributed by atoms with Gasteiger partial charge in [-0.2, -0.15) is 0 Å². The van der Waals surface area contributed by atoms with E-state index in [0.29, 0.717) is 17.8 Å². The summed E-state index contributed by atoms with van der Waals surface area (Å²) in [5.41, 5.74) is 3.81. The quantitative estimate of drug-likeness (QED) is 0.364. The second kappa shape index (κ2) is 10.6. The molecule has 4 rings (SSSR count). The van der Waals surface area contributed by atoms with E-state index in [1.54, 1.807) is 24.3 Å². The maximum Gasteiger partial charge on any atom is 0.258 e. The maximum atomic E-state index is 14.0. The lowest BCUT2D eigenvalue weighted by molar-refractivity contribution is 0.0951. The molecule has 0 atom stereocenters. The Labute approximate surface area is 198 Å². The molecule has 0 aliphatic rings. The summed E-state index contributed by atoms with van der Waals surface area (Å²) in [7, 11) is 0. The van der Waals surface area contributed by atoms with Crippen LogP contribution in [0.4, 0.5) is 10.1 Å². The molecule has 4 aromatic rings. The van der Waals surface area contributed by atoms with Crippen molar-refractivity contribution in [3.63, 3.8) is 0 Å². The van der Waals surface area contributed by atoms with E-state index in [1.807, 2.05) is 67.6 Å². The lowest BCUT2D eigenvalue weighted by Gasteiger charge is -2.19. The number of carbonyl (C=O) groups excluding carboxylic acids is 2. The van der Waals surface area contributed by atoms with Gasteiger partial charge in [0.05, 0.1) is 5.56 Å². The number of amides is 2. The molecule has 0 aliphatic heterocycles. The predicted octanol–water partition coefficient (Wildman–Crippen LogP) is 5.95. The number of hydrogen-bond donors (Lipinski definition) is 2. The van der Waals surface area contributed by atoms with Crippen LogP contribution in [0.2, 0.25) is 0 Å². The van der Waals surface area contributed by atoms with E-state index in [2.05, 4.69) is 10.6 Å². The standard InChI is InChI=1S/C29H25FN2O2/c1-20-16-17-23(18-27(20)32-29(34)24-14-8-9-15-26(24)30)28(33)31-19-25(21-10-4-2-5-11-21)22-12-6-3-7-13-22/h2-18,25H,19H2,1H3,(H,31,33)(H,32,34). The highest BCUT2D eigenvalue weighted by Crippen LogP contribution is 2.24. The maximum absolute atomic E-state index is 14.0. The molecule has 0 heterocycles. The average molecular weight is 453 g/mol. The monoisotopic (exact) mass is 452 g/mol. The van der Waals surface area contributed by atoms with Gasteiger partial charge in [-0.3, -0.25) is 9.59 Å². The van der Waals surface area contributed by atoms with Crippen LogP contribution >= 0.6 is 0 Å². The number of benzene rings is 4. The number of halogens is 1. The van der Waals surface area contributed by atoms with E-state index >= 15 is 0 Å². The first-order valence-electron chi connectivity index (χ1n) is 11.1. The van der Waals surface area contributed by atoms with Crippen LogP contribution in [0.25, 0.3) is 0 Å². The molecule has 0 fully saturated rings. The first-order valence-corrected chi connectivity index (χ1v) is 11.1. The molecule has 4 nitrogen and oxygen atoms in total. The van der Waals surface area contributed by atoms with Crippen molar-refractivity contribution < 1.29 is 14.0 Å². The number of anilines is 1. The Hall–Kier alpha value is -4.25. The van der Waals surface area contributed by atoms with E-state index in [1.165, 1.54) is 18.2 Å². The van der Waals surface area contributed by atoms with E-state index in [0.717, 1.165) is 16.7 Å². The Morgan fingerprint density at radius 3 is 1.97 bits per heavy atom. The normalized spacial score (nSPS) is 10.7. The molecule has 0 unspecified atom stereocenters. The SMILES string of the molecule is Cc1ccc(C(=O)NCC(c2ccccc2)c2ccccc2)cc1NC(=O)c1ccccc1F. The molecule has 34 heavy (non-hydrogen) atoms. The van der Waals surface area contributed by atoms with E-state index < -0.39 is 11.7 Å². The molecule has 170 valence electrons. The third-order valence-electron chi connectivity index (χ3n) is 5.74. The predicted molar refractivity (Wildman–Crippen MR) is 133 cm³/mol. The summed E-state index contributed by atoms with van der Waals surface area (Å²) in [6.45, 7) is 2.23. The summed E-state index contributed by atoms with van der Waals surface area (Å²) in [5.74, 6) is -1.42.